The summed E-state index contributed by atoms with van der Waals surface area (Å²) in [6, 6.07) is 7.90. The summed E-state index contributed by atoms with van der Waals surface area (Å²) in [5, 5.41) is 9.17. The molecule has 1 N–H and O–H groups in total. The molecule has 1 saturated heterocycles. The molecule has 1 aliphatic rings. The lowest BCUT2D eigenvalue weighted by Crippen LogP contribution is -2.50. The summed E-state index contributed by atoms with van der Waals surface area (Å²) in [6.45, 7) is 0.829. The number of hydrogen-bond acceptors (Lipinski definition) is 6. The summed E-state index contributed by atoms with van der Waals surface area (Å²) < 4.78 is 0. The maximum absolute atomic E-state index is 12.8. The van der Waals surface area contributed by atoms with E-state index in [1.54, 1.807) is 0 Å². The highest BCUT2D eigenvalue weighted by Crippen LogP contribution is 2.16. The lowest BCUT2D eigenvalue weighted by molar-refractivity contribution is 0.0535. The number of nitrogens with zero attached hydrogens (tertiary/aromatic N) is 2. The van der Waals surface area contributed by atoms with Crippen LogP contribution in [-0.4, -0.2) is 77.7 Å². The zero-order chi connectivity index (χ0) is 22.5. The van der Waals surface area contributed by atoms with Crippen LogP contribution >= 0.6 is 0 Å². The lowest BCUT2D eigenvalue weighted by Gasteiger charge is -2.35. The highest BCUT2D eigenvalue weighted by Gasteiger charge is 2.26. The van der Waals surface area contributed by atoms with Crippen LogP contribution in [0.5, 0.6) is 0 Å². The first kappa shape index (κ1) is 21.6. The number of benzene rings is 2. The van der Waals surface area contributed by atoms with Crippen LogP contribution in [0.15, 0.2) is 36.4 Å². The monoisotopic (exact) mass is 422 g/mol. The van der Waals surface area contributed by atoms with Crippen molar-refractivity contribution in [3.05, 3.63) is 69.8 Å². The van der Waals surface area contributed by atoms with E-state index in [9.17, 15) is 33.9 Å². The molecule has 0 aromatic heterocycles. The maximum atomic E-state index is 12.8. The molecule has 158 valence electrons. The van der Waals surface area contributed by atoms with Gasteiger partial charge in [-0.3, -0.25) is 24.0 Å². The molecule has 1 fully saturated rings. The highest BCUT2D eigenvalue weighted by molar-refractivity contribution is 6.00. The van der Waals surface area contributed by atoms with Gasteiger partial charge in [0, 0.05) is 54.0 Å². The third kappa shape index (κ3) is 4.72. The topological polar surface area (TPSA) is 129 Å². The van der Waals surface area contributed by atoms with Crippen molar-refractivity contribution < 1.29 is 33.9 Å². The molecule has 0 unspecified atom stereocenters. The van der Waals surface area contributed by atoms with Crippen LogP contribution in [0.3, 0.4) is 0 Å². The van der Waals surface area contributed by atoms with E-state index in [-0.39, 0.29) is 65.5 Å². The van der Waals surface area contributed by atoms with Crippen LogP contribution in [0, 0.1) is 0 Å². The van der Waals surface area contributed by atoms with Crippen molar-refractivity contribution in [1.82, 2.24) is 9.80 Å². The minimum Gasteiger partial charge on any atom is -0.478 e. The Morgan fingerprint density at radius 2 is 0.968 bits per heavy atom. The summed E-state index contributed by atoms with van der Waals surface area (Å²) in [4.78, 5) is 72.9. The predicted molar refractivity (Wildman–Crippen MR) is 108 cm³/mol. The van der Waals surface area contributed by atoms with Crippen LogP contribution in [0.2, 0.25) is 0 Å². The van der Waals surface area contributed by atoms with Gasteiger partial charge in [0.15, 0.2) is 0 Å². The third-order valence-electron chi connectivity index (χ3n) is 4.94. The number of carbonyl (C=O) groups excluding carboxylic acids is 5. The molecule has 1 aliphatic heterocycles. The van der Waals surface area contributed by atoms with Crippen molar-refractivity contribution in [3.63, 3.8) is 0 Å². The maximum Gasteiger partial charge on any atom is 0.335 e. The van der Waals surface area contributed by atoms with Crippen LogP contribution in [-0.2, 0) is 0 Å². The number of carboxylic acid groups (broad SMARTS) is 1. The van der Waals surface area contributed by atoms with Crippen molar-refractivity contribution in [2.24, 2.45) is 0 Å². The fraction of sp³-hybridized carbons (Fsp3) is 0.182. The van der Waals surface area contributed by atoms with E-state index < -0.39 is 11.9 Å². The van der Waals surface area contributed by atoms with Gasteiger partial charge >= 0.3 is 5.97 Å². The molecular weight excluding hydrogens is 404 g/mol. The van der Waals surface area contributed by atoms with Gasteiger partial charge < -0.3 is 14.9 Å². The van der Waals surface area contributed by atoms with Crippen molar-refractivity contribution in [3.8, 4) is 0 Å². The number of carboxylic acids is 1. The summed E-state index contributed by atoms with van der Waals surface area (Å²) in [7, 11) is 0. The molecule has 0 saturated carbocycles. The summed E-state index contributed by atoms with van der Waals surface area (Å²) >= 11 is 0. The van der Waals surface area contributed by atoms with Gasteiger partial charge in [-0.05, 0) is 36.4 Å². The Bertz CT molecular complexity index is 1060. The Morgan fingerprint density at radius 1 is 0.613 bits per heavy atom. The van der Waals surface area contributed by atoms with Gasteiger partial charge in [0.2, 0.25) is 0 Å². The molecule has 0 radical (unpaired) electrons. The van der Waals surface area contributed by atoms with E-state index in [1.165, 1.54) is 46.2 Å². The summed E-state index contributed by atoms with van der Waals surface area (Å²) in [6.07, 6.45) is 1.58. The first-order chi connectivity index (χ1) is 14.9. The molecule has 2 amide bonds. The second-order valence-electron chi connectivity index (χ2n) is 6.98. The number of aldehydes is 3. The van der Waals surface area contributed by atoms with Gasteiger partial charge in [0.05, 0.1) is 5.56 Å². The minimum absolute atomic E-state index is 0.0797. The number of aromatic carboxylic acids is 1. The molecule has 0 atom stereocenters. The lowest BCUT2D eigenvalue weighted by atomic mass is 10.0. The smallest absolute Gasteiger partial charge is 0.335 e. The van der Waals surface area contributed by atoms with Gasteiger partial charge in [0.1, 0.15) is 18.9 Å². The molecule has 31 heavy (non-hydrogen) atoms. The first-order valence-electron chi connectivity index (χ1n) is 9.34. The van der Waals surface area contributed by atoms with E-state index in [0.29, 0.717) is 18.9 Å². The van der Waals surface area contributed by atoms with Crippen molar-refractivity contribution in [2.75, 3.05) is 26.2 Å². The molecule has 1 heterocycles. The summed E-state index contributed by atoms with van der Waals surface area (Å²) in [5.74, 6) is -2.06. The fourth-order valence-corrected chi connectivity index (χ4v) is 3.38. The van der Waals surface area contributed by atoms with E-state index in [2.05, 4.69) is 0 Å². The van der Waals surface area contributed by atoms with Crippen LogP contribution < -0.4 is 0 Å². The molecule has 0 spiro atoms. The molecule has 2 aromatic carbocycles. The average Bonchev–Trinajstić information content (AvgIpc) is 2.82. The van der Waals surface area contributed by atoms with E-state index in [1.807, 2.05) is 0 Å². The Hall–Kier alpha value is -4.14. The Kier molecular flexibility index (Phi) is 6.35. The second-order valence-corrected chi connectivity index (χ2v) is 6.98. The molecule has 9 heteroatoms. The van der Waals surface area contributed by atoms with Gasteiger partial charge in [-0.1, -0.05) is 0 Å². The number of piperazine rings is 1. The Labute approximate surface area is 176 Å². The van der Waals surface area contributed by atoms with Gasteiger partial charge in [-0.15, -0.1) is 0 Å². The predicted octanol–water partition coefficient (Wildman–Crippen LogP) is 1.42. The van der Waals surface area contributed by atoms with E-state index in [0.717, 1.165) is 0 Å². The standard InChI is InChI=1S/C22H18N2O7/c25-11-14-5-15(12-26)7-17(6-14)20(28)23-1-3-24(4-2-23)21(29)18-8-16(13-27)9-19(10-18)22(30)31/h5-13H,1-4H2,(H,30,31). The SMILES string of the molecule is O=Cc1cc(C=O)cc(C(=O)N2CCN(C(=O)c3cc(C=O)cc(C(=O)O)c3)CC2)c1. The number of carbonyl (C=O) groups is 6. The highest BCUT2D eigenvalue weighted by atomic mass is 16.4. The van der Waals surface area contributed by atoms with Crippen molar-refractivity contribution in [2.45, 2.75) is 0 Å². The first-order valence-corrected chi connectivity index (χ1v) is 9.34. The van der Waals surface area contributed by atoms with Gasteiger partial charge in [-0.25, -0.2) is 4.79 Å². The van der Waals surface area contributed by atoms with Gasteiger partial charge in [0.25, 0.3) is 11.8 Å². The number of hydrogen-bond donors (Lipinski definition) is 1. The minimum atomic E-state index is -1.25. The van der Waals surface area contributed by atoms with Crippen molar-refractivity contribution >= 4 is 36.6 Å². The second kappa shape index (κ2) is 9.12. The van der Waals surface area contributed by atoms with Crippen molar-refractivity contribution in [1.29, 1.82) is 0 Å². The zero-order valence-electron chi connectivity index (χ0n) is 16.3. The molecule has 2 aromatic rings. The Balaban J connectivity index is 1.73. The molecule has 3 rings (SSSR count). The van der Waals surface area contributed by atoms with Crippen LogP contribution in [0.4, 0.5) is 0 Å². The zero-order valence-corrected chi connectivity index (χ0v) is 16.3. The Morgan fingerprint density at radius 3 is 1.35 bits per heavy atom. The van der Waals surface area contributed by atoms with Crippen LogP contribution in [0.25, 0.3) is 0 Å². The molecule has 0 bridgehead atoms. The normalized spacial score (nSPS) is 13.4. The van der Waals surface area contributed by atoms with Crippen LogP contribution in [0.1, 0.15) is 62.1 Å². The van der Waals surface area contributed by atoms with Gasteiger partial charge in [-0.2, -0.15) is 0 Å². The quantitative estimate of drug-likeness (QED) is 0.697. The number of rotatable bonds is 6. The molecule has 9 nitrogen and oxygen atoms in total. The summed E-state index contributed by atoms with van der Waals surface area (Å²) in [5.41, 5.74) is 0.630. The largest absolute Gasteiger partial charge is 0.478 e. The number of amides is 2. The third-order valence-corrected chi connectivity index (χ3v) is 4.94. The fourth-order valence-electron chi connectivity index (χ4n) is 3.38. The van der Waals surface area contributed by atoms with E-state index >= 15 is 0 Å². The van der Waals surface area contributed by atoms with E-state index in [4.69, 9.17) is 0 Å². The molecule has 0 aliphatic carbocycles. The average molecular weight is 422 g/mol. The molecular formula is C22H18N2O7.